The molecule has 1 aromatic rings. The van der Waals surface area contributed by atoms with Crippen LogP contribution in [0.15, 0.2) is 19.5 Å². The standard InChI is InChI=1S/C5H6N2O2S2/c1-7-4(11)2(10)3(8)6-5(7)9/h10-11H,1H3,(H,6,8,9). The molecule has 0 aromatic carbocycles. The van der Waals surface area contributed by atoms with Crippen molar-refractivity contribution in [2.45, 2.75) is 9.92 Å². The van der Waals surface area contributed by atoms with Crippen LogP contribution < -0.4 is 11.2 Å². The van der Waals surface area contributed by atoms with E-state index < -0.39 is 11.2 Å². The molecule has 1 aromatic heterocycles. The van der Waals surface area contributed by atoms with Crippen LogP contribution in [0.5, 0.6) is 0 Å². The third-order valence-electron chi connectivity index (χ3n) is 1.27. The molecule has 60 valence electrons. The van der Waals surface area contributed by atoms with Gasteiger partial charge in [0.1, 0.15) is 0 Å². The molecule has 0 aliphatic rings. The van der Waals surface area contributed by atoms with Crippen molar-refractivity contribution < 1.29 is 0 Å². The second-order valence-corrected chi connectivity index (χ2v) is 2.86. The molecule has 0 saturated carbocycles. The summed E-state index contributed by atoms with van der Waals surface area (Å²) < 4.78 is 1.20. The van der Waals surface area contributed by atoms with Crippen LogP contribution in [0.3, 0.4) is 0 Å². The Kier molecular flexibility index (Phi) is 2.15. The van der Waals surface area contributed by atoms with E-state index in [2.05, 4.69) is 30.2 Å². The van der Waals surface area contributed by atoms with Gasteiger partial charge in [-0.3, -0.25) is 14.3 Å². The molecule has 0 aliphatic carbocycles. The van der Waals surface area contributed by atoms with E-state index in [1.807, 2.05) is 0 Å². The van der Waals surface area contributed by atoms with Crippen molar-refractivity contribution in [2.75, 3.05) is 0 Å². The largest absolute Gasteiger partial charge is 0.328 e. The molecule has 4 nitrogen and oxygen atoms in total. The lowest BCUT2D eigenvalue weighted by molar-refractivity contribution is 0.683. The number of aromatic amines is 1. The van der Waals surface area contributed by atoms with E-state index in [1.54, 1.807) is 0 Å². The molecular formula is C5H6N2O2S2. The maximum atomic E-state index is 10.8. The average molecular weight is 190 g/mol. The second kappa shape index (κ2) is 2.78. The summed E-state index contributed by atoms with van der Waals surface area (Å²) in [6.45, 7) is 0. The first kappa shape index (κ1) is 8.48. The molecule has 0 saturated heterocycles. The number of thiol groups is 2. The number of hydrogen-bond donors (Lipinski definition) is 3. The van der Waals surface area contributed by atoms with Gasteiger partial charge < -0.3 is 0 Å². The van der Waals surface area contributed by atoms with E-state index in [0.717, 1.165) is 0 Å². The molecule has 0 bridgehead atoms. The SMILES string of the molecule is Cn1c(S)c(S)c(=O)[nH]c1=O. The van der Waals surface area contributed by atoms with Crippen molar-refractivity contribution in [1.29, 1.82) is 0 Å². The highest BCUT2D eigenvalue weighted by Crippen LogP contribution is 2.08. The molecule has 0 unspecified atom stereocenters. The Hall–Kier alpha value is -0.620. The molecule has 1 heterocycles. The van der Waals surface area contributed by atoms with Crippen molar-refractivity contribution in [1.82, 2.24) is 9.55 Å². The first-order valence-electron chi connectivity index (χ1n) is 2.75. The van der Waals surface area contributed by atoms with Crippen LogP contribution in [0.25, 0.3) is 0 Å². The molecule has 0 aliphatic heterocycles. The van der Waals surface area contributed by atoms with E-state index in [1.165, 1.54) is 11.6 Å². The third-order valence-corrected chi connectivity index (χ3v) is 2.38. The van der Waals surface area contributed by atoms with E-state index in [9.17, 15) is 9.59 Å². The topological polar surface area (TPSA) is 54.9 Å². The predicted molar refractivity (Wildman–Crippen MR) is 46.8 cm³/mol. The number of H-pyrrole nitrogens is 1. The number of hydrogen-bond acceptors (Lipinski definition) is 4. The Morgan fingerprint density at radius 1 is 1.36 bits per heavy atom. The first-order valence-corrected chi connectivity index (χ1v) is 3.64. The minimum Gasteiger partial charge on any atom is -0.290 e. The van der Waals surface area contributed by atoms with Crippen molar-refractivity contribution in [3.05, 3.63) is 20.8 Å². The summed E-state index contributed by atoms with van der Waals surface area (Å²) in [5.74, 6) is 0. The highest BCUT2D eigenvalue weighted by atomic mass is 32.1. The van der Waals surface area contributed by atoms with Crippen LogP contribution >= 0.6 is 25.3 Å². The number of rotatable bonds is 0. The minimum absolute atomic E-state index is 0.149. The molecule has 0 atom stereocenters. The van der Waals surface area contributed by atoms with Crippen LogP contribution in [-0.2, 0) is 7.05 Å². The molecule has 0 amide bonds. The number of nitrogens with zero attached hydrogens (tertiary/aromatic N) is 1. The Bertz CT molecular complexity index is 358. The fraction of sp³-hybridized carbons (Fsp3) is 0.200. The van der Waals surface area contributed by atoms with Gasteiger partial charge in [-0.1, -0.05) is 0 Å². The van der Waals surface area contributed by atoms with E-state index in [0.29, 0.717) is 0 Å². The summed E-state index contributed by atoms with van der Waals surface area (Å²) in [5.41, 5.74) is -1.00. The van der Waals surface area contributed by atoms with Crippen molar-refractivity contribution in [3.8, 4) is 0 Å². The minimum atomic E-state index is -0.513. The lowest BCUT2D eigenvalue weighted by atomic mass is 10.6. The summed E-state index contributed by atoms with van der Waals surface area (Å²) in [5, 5.41) is 0.266. The highest BCUT2D eigenvalue weighted by Gasteiger charge is 2.03. The number of aromatic nitrogens is 2. The van der Waals surface area contributed by atoms with Crippen LogP contribution in [0.4, 0.5) is 0 Å². The lowest BCUT2D eigenvalue weighted by Crippen LogP contribution is -2.29. The first-order chi connectivity index (χ1) is 5.04. The Morgan fingerprint density at radius 2 is 1.91 bits per heavy atom. The maximum absolute atomic E-state index is 10.8. The van der Waals surface area contributed by atoms with E-state index in [-0.39, 0.29) is 9.92 Å². The predicted octanol–water partition coefficient (Wildman–Crippen LogP) is -0.349. The van der Waals surface area contributed by atoms with Gasteiger partial charge >= 0.3 is 5.69 Å². The van der Waals surface area contributed by atoms with Crippen molar-refractivity contribution in [2.24, 2.45) is 7.05 Å². The van der Waals surface area contributed by atoms with Gasteiger partial charge in [0, 0.05) is 7.05 Å². The smallest absolute Gasteiger partial charge is 0.290 e. The summed E-state index contributed by atoms with van der Waals surface area (Å²) in [6.07, 6.45) is 0. The van der Waals surface area contributed by atoms with Crippen molar-refractivity contribution in [3.63, 3.8) is 0 Å². The molecule has 1 rings (SSSR count). The zero-order valence-corrected chi connectivity index (χ0v) is 7.45. The maximum Gasteiger partial charge on any atom is 0.328 e. The molecule has 0 radical (unpaired) electrons. The Labute approximate surface area is 73.1 Å². The molecule has 11 heavy (non-hydrogen) atoms. The fourth-order valence-corrected chi connectivity index (χ4v) is 0.995. The molecule has 1 N–H and O–H groups in total. The summed E-state index contributed by atoms with van der Waals surface area (Å²) in [4.78, 5) is 23.9. The summed E-state index contributed by atoms with van der Waals surface area (Å²) in [6, 6.07) is 0. The molecule has 0 spiro atoms. The van der Waals surface area contributed by atoms with Gasteiger partial charge in [0.2, 0.25) is 0 Å². The Balaban J connectivity index is 3.73. The highest BCUT2D eigenvalue weighted by molar-refractivity contribution is 7.83. The van der Waals surface area contributed by atoms with Crippen molar-refractivity contribution >= 4 is 25.3 Å². The zero-order chi connectivity index (χ0) is 8.59. The monoisotopic (exact) mass is 190 g/mol. The summed E-state index contributed by atoms with van der Waals surface area (Å²) >= 11 is 7.77. The fourth-order valence-electron chi connectivity index (χ4n) is 0.597. The van der Waals surface area contributed by atoms with Gasteiger partial charge in [0.05, 0.1) is 9.92 Å². The Morgan fingerprint density at radius 3 is 2.45 bits per heavy atom. The van der Waals surface area contributed by atoms with Gasteiger partial charge in [-0.15, -0.1) is 25.3 Å². The zero-order valence-electron chi connectivity index (χ0n) is 5.66. The van der Waals surface area contributed by atoms with Crippen LogP contribution in [0.1, 0.15) is 0 Å². The molecule has 0 fully saturated rings. The van der Waals surface area contributed by atoms with Crippen LogP contribution in [0.2, 0.25) is 0 Å². The normalized spacial score (nSPS) is 10.1. The quantitative estimate of drug-likeness (QED) is 0.387. The number of nitrogens with one attached hydrogen (secondary N) is 1. The van der Waals surface area contributed by atoms with Gasteiger partial charge in [-0.25, -0.2) is 4.79 Å². The summed E-state index contributed by atoms with van der Waals surface area (Å²) in [7, 11) is 1.50. The van der Waals surface area contributed by atoms with E-state index >= 15 is 0 Å². The average Bonchev–Trinajstić information content (AvgIpc) is 1.97. The lowest BCUT2D eigenvalue weighted by Gasteiger charge is -2.01. The third kappa shape index (κ3) is 1.36. The van der Waals surface area contributed by atoms with Crippen LogP contribution in [-0.4, -0.2) is 9.55 Å². The van der Waals surface area contributed by atoms with Gasteiger partial charge in [0.15, 0.2) is 0 Å². The second-order valence-electron chi connectivity index (χ2n) is 1.99. The van der Waals surface area contributed by atoms with Gasteiger partial charge in [-0.2, -0.15) is 0 Å². The van der Waals surface area contributed by atoms with Gasteiger partial charge in [-0.05, 0) is 0 Å². The van der Waals surface area contributed by atoms with Gasteiger partial charge in [0.25, 0.3) is 5.56 Å². The molecule has 6 heteroatoms. The molecular weight excluding hydrogens is 184 g/mol. The van der Waals surface area contributed by atoms with Crippen LogP contribution in [0, 0.1) is 0 Å². The van der Waals surface area contributed by atoms with E-state index in [4.69, 9.17) is 0 Å².